The number of anilines is 1. The molecule has 2 N–H and O–H groups in total. The Morgan fingerprint density at radius 3 is 2.35 bits per heavy atom. The minimum absolute atomic E-state index is 0.0710. The van der Waals surface area contributed by atoms with Gasteiger partial charge in [-0.15, -0.1) is 0 Å². The molecule has 0 aliphatic carbocycles. The molecule has 0 radical (unpaired) electrons. The number of carbonyl (C=O) groups is 1. The third-order valence-corrected chi connectivity index (χ3v) is 3.29. The van der Waals surface area contributed by atoms with Gasteiger partial charge in [0.05, 0.1) is 11.1 Å². The van der Waals surface area contributed by atoms with Gasteiger partial charge in [-0.1, -0.05) is 20.8 Å². The molecule has 0 aromatic heterocycles. The normalized spacial score (nSPS) is 12.3. The van der Waals surface area contributed by atoms with Crippen molar-refractivity contribution in [2.75, 3.05) is 11.9 Å². The molecule has 0 heterocycles. The van der Waals surface area contributed by atoms with Crippen LogP contribution >= 0.6 is 0 Å². The Morgan fingerprint density at radius 1 is 1.30 bits per heavy atom. The van der Waals surface area contributed by atoms with Gasteiger partial charge in [-0.3, -0.25) is 0 Å². The summed E-state index contributed by atoms with van der Waals surface area (Å²) in [7, 11) is 0. The highest BCUT2D eigenvalue weighted by atomic mass is 19.4. The third kappa shape index (κ3) is 4.15. The fourth-order valence-corrected chi connectivity index (χ4v) is 1.51. The van der Waals surface area contributed by atoms with Crippen molar-refractivity contribution < 1.29 is 23.1 Å². The van der Waals surface area contributed by atoms with Crippen molar-refractivity contribution in [2.24, 2.45) is 5.41 Å². The van der Waals surface area contributed by atoms with E-state index in [0.717, 1.165) is 18.6 Å². The molecule has 6 heteroatoms. The lowest BCUT2D eigenvalue weighted by molar-refractivity contribution is -0.137. The molecule has 0 aliphatic rings. The first-order valence-corrected chi connectivity index (χ1v) is 6.25. The van der Waals surface area contributed by atoms with Gasteiger partial charge in [0.25, 0.3) is 0 Å². The number of carboxylic acid groups (broad SMARTS) is 1. The van der Waals surface area contributed by atoms with Crippen molar-refractivity contribution in [3.63, 3.8) is 0 Å². The van der Waals surface area contributed by atoms with E-state index in [-0.39, 0.29) is 16.7 Å². The maximum absolute atomic E-state index is 12.6. The lowest BCUT2D eigenvalue weighted by Gasteiger charge is -2.24. The monoisotopic (exact) mass is 289 g/mol. The smallest absolute Gasteiger partial charge is 0.416 e. The van der Waals surface area contributed by atoms with Crippen molar-refractivity contribution in [3.8, 4) is 0 Å². The predicted octanol–water partition coefficient (Wildman–Crippen LogP) is 4.25. The van der Waals surface area contributed by atoms with Crippen LogP contribution in [0.2, 0.25) is 0 Å². The van der Waals surface area contributed by atoms with Crippen LogP contribution in [0.1, 0.15) is 43.1 Å². The molecule has 1 aromatic rings. The highest BCUT2D eigenvalue weighted by Gasteiger charge is 2.32. The van der Waals surface area contributed by atoms with Crippen LogP contribution in [0.4, 0.5) is 18.9 Å². The van der Waals surface area contributed by atoms with Gasteiger partial charge in [-0.2, -0.15) is 13.2 Å². The van der Waals surface area contributed by atoms with Crippen molar-refractivity contribution in [3.05, 3.63) is 29.3 Å². The molecule has 0 bridgehead atoms. The molecule has 0 unspecified atom stereocenters. The minimum Gasteiger partial charge on any atom is -0.478 e. The quantitative estimate of drug-likeness (QED) is 0.852. The number of aromatic carboxylic acids is 1. The summed E-state index contributed by atoms with van der Waals surface area (Å²) in [5.41, 5.74) is -1.20. The summed E-state index contributed by atoms with van der Waals surface area (Å²) in [5, 5.41) is 12.0. The minimum atomic E-state index is -4.55. The largest absolute Gasteiger partial charge is 0.478 e. The molecular formula is C14H18F3NO2. The van der Waals surface area contributed by atoms with Gasteiger partial charge in [0.1, 0.15) is 0 Å². The number of rotatable bonds is 5. The zero-order valence-corrected chi connectivity index (χ0v) is 11.6. The average Bonchev–Trinajstić information content (AvgIpc) is 2.35. The van der Waals surface area contributed by atoms with E-state index in [0.29, 0.717) is 12.6 Å². The number of alkyl halides is 3. The first-order valence-electron chi connectivity index (χ1n) is 6.25. The van der Waals surface area contributed by atoms with Crippen LogP contribution in [0.25, 0.3) is 0 Å². The summed E-state index contributed by atoms with van der Waals surface area (Å²) in [6.07, 6.45) is -3.69. The second-order valence-electron chi connectivity index (χ2n) is 5.43. The standard InChI is InChI=1S/C14H18F3NO2/c1-4-13(2,3)8-18-11-6-5-9(14(15,16)17)7-10(11)12(19)20/h5-7,18H,4,8H2,1-3H3,(H,19,20). The average molecular weight is 289 g/mol. The van der Waals surface area contributed by atoms with Crippen LogP contribution in [-0.4, -0.2) is 17.6 Å². The lowest BCUT2D eigenvalue weighted by Crippen LogP contribution is -2.23. The molecular weight excluding hydrogens is 271 g/mol. The summed E-state index contributed by atoms with van der Waals surface area (Å²) >= 11 is 0. The lowest BCUT2D eigenvalue weighted by atomic mass is 9.90. The first kappa shape index (κ1) is 16.3. The zero-order chi connectivity index (χ0) is 15.6. The summed E-state index contributed by atoms with van der Waals surface area (Å²) in [6, 6.07) is 2.70. The number of carboxylic acids is 1. The van der Waals surface area contributed by atoms with Crippen molar-refractivity contribution in [2.45, 2.75) is 33.4 Å². The van der Waals surface area contributed by atoms with E-state index < -0.39 is 17.7 Å². The van der Waals surface area contributed by atoms with Gasteiger partial charge in [-0.05, 0) is 30.0 Å². The Kier molecular flexibility index (Phi) is 4.68. The van der Waals surface area contributed by atoms with E-state index in [2.05, 4.69) is 5.32 Å². The van der Waals surface area contributed by atoms with E-state index in [1.807, 2.05) is 20.8 Å². The number of hydrogen-bond donors (Lipinski definition) is 2. The Hall–Kier alpha value is -1.72. The Balaban J connectivity index is 3.06. The molecule has 0 saturated heterocycles. The number of nitrogens with one attached hydrogen (secondary N) is 1. The van der Waals surface area contributed by atoms with Gasteiger partial charge in [0.15, 0.2) is 0 Å². The Morgan fingerprint density at radius 2 is 1.90 bits per heavy atom. The highest BCUT2D eigenvalue weighted by molar-refractivity contribution is 5.94. The van der Waals surface area contributed by atoms with Gasteiger partial charge in [0.2, 0.25) is 0 Å². The SMILES string of the molecule is CCC(C)(C)CNc1ccc(C(F)(F)F)cc1C(=O)O. The molecule has 0 amide bonds. The van der Waals surface area contributed by atoms with Crippen LogP contribution in [0, 0.1) is 5.41 Å². The van der Waals surface area contributed by atoms with Crippen LogP contribution in [0.15, 0.2) is 18.2 Å². The summed E-state index contributed by atoms with van der Waals surface area (Å²) in [6.45, 7) is 6.46. The molecule has 20 heavy (non-hydrogen) atoms. The molecule has 0 aliphatic heterocycles. The van der Waals surface area contributed by atoms with Crippen molar-refractivity contribution >= 4 is 11.7 Å². The maximum Gasteiger partial charge on any atom is 0.416 e. The zero-order valence-electron chi connectivity index (χ0n) is 11.6. The molecule has 0 atom stereocenters. The van der Waals surface area contributed by atoms with Gasteiger partial charge in [-0.25, -0.2) is 4.79 Å². The number of benzene rings is 1. The fourth-order valence-electron chi connectivity index (χ4n) is 1.51. The Labute approximate surface area is 115 Å². The molecule has 1 aromatic carbocycles. The second kappa shape index (κ2) is 5.73. The topological polar surface area (TPSA) is 49.3 Å². The number of halogens is 3. The second-order valence-corrected chi connectivity index (χ2v) is 5.43. The van der Waals surface area contributed by atoms with E-state index in [9.17, 15) is 18.0 Å². The predicted molar refractivity (Wildman–Crippen MR) is 71.0 cm³/mol. The summed E-state index contributed by atoms with van der Waals surface area (Å²) in [4.78, 5) is 11.1. The summed E-state index contributed by atoms with van der Waals surface area (Å²) < 4.78 is 37.7. The molecule has 0 spiro atoms. The van der Waals surface area contributed by atoms with E-state index in [4.69, 9.17) is 5.11 Å². The van der Waals surface area contributed by atoms with Gasteiger partial charge < -0.3 is 10.4 Å². The molecule has 0 saturated carbocycles. The van der Waals surface area contributed by atoms with Crippen molar-refractivity contribution in [1.82, 2.24) is 0 Å². The third-order valence-electron chi connectivity index (χ3n) is 3.29. The number of hydrogen-bond acceptors (Lipinski definition) is 2. The molecule has 0 fully saturated rings. The molecule has 112 valence electrons. The van der Waals surface area contributed by atoms with Crippen LogP contribution in [-0.2, 0) is 6.18 Å². The van der Waals surface area contributed by atoms with Crippen LogP contribution in [0.3, 0.4) is 0 Å². The van der Waals surface area contributed by atoms with E-state index in [1.165, 1.54) is 0 Å². The first-order chi connectivity index (χ1) is 9.07. The summed E-state index contributed by atoms with van der Waals surface area (Å²) in [5.74, 6) is -1.38. The molecule has 3 nitrogen and oxygen atoms in total. The highest BCUT2D eigenvalue weighted by Crippen LogP contribution is 2.32. The maximum atomic E-state index is 12.6. The van der Waals surface area contributed by atoms with E-state index in [1.54, 1.807) is 0 Å². The van der Waals surface area contributed by atoms with Crippen molar-refractivity contribution in [1.29, 1.82) is 0 Å². The van der Waals surface area contributed by atoms with Gasteiger partial charge in [0, 0.05) is 12.2 Å². The van der Waals surface area contributed by atoms with Crippen LogP contribution in [0.5, 0.6) is 0 Å². The van der Waals surface area contributed by atoms with E-state index >= 15 is 0 Å². The van der Waals surface area contributed by atoms with Crippen LogP contribution < -0.4 is 5.32 Å². The fraction of sp³-hybridized carbons (Fsp3) is 0.500. The van der Waals surface area contributed by atoms with Gasteiger partial charge >= 0.3 is 12.1 Å². The Bertz CT molecular complexity index is 496. The molecule has 1 rings (SSSR count).